The van der Waals surface area contributed by atoms with E-state index >= 15 is 0 Å². The number of hydrogen-bond donors (Lipinski definition) is 2. The van der Waals surface area contributed by atoms with Crippen LogP contribution in [0.25, 0.3) is 0 Å². The topological polar surface area (TPSA) is 40.5 Å². The molecule has 2 fully saturated rings. The zero-order chi connectivity index (χ0) is 20.3. The van der Waals surface area contributed by atoms with Crippen molar-refractivity contribution in [3.8, 4) is 5.75 Å². The van der Waals surface area contributed by atoms with Gasteiger partial charge in [0.15, 0.2) is 0 Å². The van der Waals surface area contributed by atoms with Gasteiger partial charge in [-0.25, -0.2) is 0 Å². The van der Waals surface area contributed by atoms with E-state index in [-0.39, 0.29) is 17.4 Å². The summed E-state index contributed by atoms with van der Waals surface area (Å²) < 4.78 is 0. The number of fused-ring (bicyclic) bond motifs is 5. The number of hydrogen-bond acceptors (Lipinski definition) is 2. The second-order valence-electron chi connectivity index (χ2n) is 10.2. The maximum absolute atomic E-state index is 11.0. The quantitative estimate of drug-likeness (QED) is 0.638. The summed E-state index contributed by atoms with van der Waals surface area (Å²) in [7, 11) is 0. The lowest BCUT2D eigenvalue weighted by atomic mass is 9.50. The highest BCUT2D eigenvalue weighted by Crippen LogP contribution is 2.66. The van der Waals surface area contributed by atoms with Gasteiger partial charge in [-0.3, -0.25) is 0 Å². The predicted octanol–water partition coefficient (Wildman–Crippen LogP) is 5.81. The van der Waals surface area contributed by atoms with Crippen molar-refractivity contribution in [1.82, 2.24) is 0 Å². The molecule has 152 valence electrons. The first kappa shape index (κ1) is 18.9. The van der Waals surface area contributed by atoms with Crippen LogP contribution in [0.2, 0.25) is 0 Å². The van der Waals surface area contributed by atoms with E-state index in [1.165, 1.54) is 16.7 Å². The van der Waals surface area contributed by atoms with Gasteiger partial charge >= 0.3 is 0 Å². The molecule has 2 heteroatoms. The maximum Gasteiger partial charge on any atom is 0.115 e. The summed E-state index contributed by atoms with van der Waals surface area (Å²) in [5.74, 6) is 2.37. The van der Waals surface area contributed by atoms with E-state index in [4.69, 9.17) is 0 Å². The molecule has 2 N–H and O–H groups in total. The molecule has 2 aromatic rings. The highest BCUT2D eigenvalue weighted by atomic mass is 16.3. The van der Waals surface area contributed by atoms with Crippen molar-refractivity contribution in [3.63, 3.8) is 0 Å². The normalized spacial score (nSPS) is 38.0. The number of benzene rings is 2. The minimum absolute atomic E-state index is 0.172. The standard InChI is InChI=1S/C27H32O2/c1-16(2)24-23(29)15-27(3)12-11-21-20-10-9-19(28)13-18(20)14-22(25(21)26(24)27)17-7-5-4-6-8-17/h4-10,13,21-26,28-29H,1,11-12,14-15H2,2-3H3/t21-,22+,23-,24?,25+,26+,27-/m1/s1. The van der Waals surface area contributed by atoms with Crippen LogP contribution in [0.15, 0.2) is 60.7 Å². The average molecular weight is 389 g/mol. The average Bonchev–Trinajstić information content (AvgIpc) is 2.97. The zero-order valence-corrected chi connectivity index (χ0v) is 17.5. The third-order valence-electron chi connectivity index (χ3n) is 8.41. The smallest absolute Gasteiger partial charge is 0.115 e. The number of aliphatic hydroxyl groups is 1. The highest BCUT2D eigenvalue weighted by molar-refractivity contribution is 5.43. The minimum Gasteiger partial charge on any atom is -0.508 e. The fraction of sp³-hybridized carbons (Fsp3) is 0.481. The molecule has 0 radical (unpaired) electrons. The second-order valence-corrected chi connectivity index (χ2v) is 10.2. The van der Waals surface area contributed by atoms with Crippen LogP contribution in [0.5, 0.6) is 5.75 Å². The van der Waals surface area contributed by atoms with Gasteiger partial charge in [0.05, 0.1) is 6.10 Å². The molecule has 0 bridgehead atoms. The zero-order valence-electron chi connectivity index (χ0n) is 17.5. The SMILES string of the molecule is C=C(C)C1[C@H](O)C[C@@]2(C)CC[C@@H]3c4ccc(O)cc4C[C@@H](c4ccccc4)[C@H]3[C@H]12. The fourth-order valence-electron chi connectivity index (χ4n) is 7.39. The Labute approximate surface area is 174 Å². The van der Waals surface area contributed by atoms with Crippen LogP contribution in [0.1, 0.15) is 61.6 Å². The van der Waals surface area contributed by atoms with E-state index in [2.05, 4.69) is 56.8 Å². The molecule has 0 heterocycles. The van der Waals surface area contributed by atoms with Gasteiger partial charge in [-0.05, 0) is 90.5 Å². The molecule has 0 aliphatic heterocycles. The summed E-state index contributed by atoms with van der Waals surface area (Å²) in [5.41, 5.74) is 5.42. The van der Waals surface area contributed by atoms with Crippen molar-refractivity contribution in [2.45, 2.75) is 57.5 Å². The molecule has 7 atom stereocenters. The molecule has 29 heavy (non-hydrogen) atoms. The van der Waals surface area contributed by atoms with Crippen LogP contribution in [-0.2, 0) is 6.42 Å². The number of phenolic OH excluding ortho intramolecular Hbond substituents is 1. The third kappa shape index (κ3) is 2.87. The van der Waals surface area contributed by atoms with Gasteiger partial charge in [0.25, 0.3) is 0 Å². The summed E-state index contributed by atoms with van der Waals surface area (Å²) in [6.07, 6.45) is 3.89. The van der Waals surface area contributed by atoms with E-state index < -0.39 is 0 Å². The maximum atomic E-state index is 11.0. The molecule has 0 amide bonds. The number of rotatable bonds is 2. The van der Waals surface area contributed by atoms with Crippen LogP contribution in [0.4, 0.5) is 0 Å². The van der Waals surface area contributed by atoms with Crippen molar-refractivity contribution >= 4 is 0 Å². The molecule has 3 aliphatic carbocycles. The van der Waals surface area contributed by atoms with Gasteiger partial charge in [0.1, 0.15) is 5.75 Å². The Morgan fingerprint density at radius 1 is 1.10 bits per heavy atom. The van der Waals surface area contributed by atoms with Crippen molar-refractivity contribution in [1.29, 1.82) is 0 Å². The Balaban J connectivity index is 1.68. The van der Waals surface area contributed by atoms with Crippen LogP contribution >= 0.6 is 0 Å². The molecule has 2 saturated carbocycles. The summed E-state index contributed by atoms with van der Waals surface area (Å²) in [5, 5.41) is 21.2. The molecule has 3 aliphatic rings. The van der Waals surface area contributed by atoms with Gasteiger partial charge in [-0.2, -0.15) is 0 Å². The second kappa shape index (κ2) is 6.74. The summed E-state index contributed by atoms with van der Waals surface area (Å²) >= 11 is 0. The van der Waals surface area contributed by atoms with Gasteiger partial charge in [0, 0.05) is 5.92 Å². The van der Waals surface area contributed by atoms with Gasteiger partial charge in [0.2, 0.25) is 0 Å². The lowest BCUT2D eigenvalue weighted by molar-refractivity contribution is 0.0280. The van der Waals surface area contributed by atoms with E-state index in [0.717, 1.165) is 31.3 Å². The minimum atomic E-state index is -0.279. The molecule has 2 nitrogen and oxygen atoms in total. The Morgan fingerprint density at radius 3 is 2.59 bits per heavy atom. The van der Waals surface area contributed by atoms with Crippen molar-refractivity contribution < 1.29 is 10.2 Å². The van der Waals surface area contributed by atoms with Crippen molar-refractivity contribution in [2.75, 3.05) is 0 Å². The largest absolute Gasteiger partial charge is 0.508 e. The van der Waals surface area contributed by atoms with Gasteiger partial charge in [-0.15, -0.1) is 0 Å². The number of aliphatic hydroxyl groups excluding tert-OH is 1. The van der Waals surface area contributed by atoms with Crippen molar-refractivity contribution in [3.05, 3.63) is 77.4 Å². The van der Waals surface area contributed by atoms with E-state index in [0.29, 0.717) is 29.4 Å². The van der Waals surface area contributed by atoms with Gasteiger partial charge in [-0.1, -0.05) is 55.5 Å². The van der Waals surface area contributed by atoms with Crippen LogP contribution < -0.4 is 0 Å². The molecular weight excluding hydrogens is 356 g/mol. The molecule has 5 rings (SSSR count). The number of aromatic hydroxyl groups is 1. The van der Waals surface area contributed by atoms with E-state index in [1.54, 1.807) is 0 Å². The Kier molecular flexibility index (Phi) is 4.40. The fourth-order valence-corrected chi connectivity index (χ4v) is 7.39. The van der Waals surface area contributed by atoms with Crippen LogP contribution in [0, 0.1) is 23.2 Å². The first-order valence-corrected chi connectivity index (χ1v) is 11.1. The first-order valence-electron chi connectivity index (χ1n) is 11.1. The number of phenols is 1. The Morgan fingerprint density at radius 2 is 1.86 bits per heavy atom. The van der Waals surface area contributed by atoms with E-state index in [9.17, 15) is 10.2 Å². The Hall–Kier alpha value is -2.06. The molecule has 0 saturated heterocycles. The lowest BCUT2D eigenvalue weighted by Gasteiger charge is -2.54. The van der Waals surface area contributed by atoms with Crippen molar-refractivity contribution in [2.24, 2.45) is 23.2 Å². The molecule has 0 spiro atoms. The molecular formula is C27H32O2. The monoisotopic (exact) mass is 388 g/mol. The molecule has 1 unspecified atom stereocenters. The van der Waals surface area contributed by atoms with Crippen LogP contribution in [0.3, 0.4) is 0 Å². The van der Waals surface area contributed by atoms with Gasteiger partial charge < -0.3 is 10.2 Å². The summed E-state index contributed by atoms with van der Waals surface area (Å²) in [4.78, 5) is 0. The predicted molar refractivity (Wildman–Crippen MR) is 117 cm³/mol. The summed E-state index contributed by atoms with van der Waals surface area (Å²) in [6, 6.07) is 16.9. The van der Waals surface area contributed by atoms with Crippen LogP contribution in [-0.4, -0.2) is 16.3 Å². The highest BCUT2D eigenvalue weighted by Gasteiger charge is 2.59. The molecule has 2 aromatic carbocycles. The first-order chi connectivity index (χ1) is 13.9. The Bertz CT molecular complexity index is 933. The molecule has 0 aromatic heterocycles. The summed E-state index contributed by atoms with van der Waals surface area (Å²) in [6.45, 7) is 8.83. The third-order valence-corrected chi connectivity index (χ3v) is 8.41. The van der Waals surface area contributed by atoms with E-state index in [1.807, 2.05) is 12.1 Å². The lowest BCUT2D eigenvalue weighted by Crippen LogP contribution is -2.45.